The number of rotatable bonds is 6. The molecule has 0 bridgehead atoms. The number of aromatic amines is 1. The number of carboxylic acids is 1. The summed E-state index contributed by atoms with van der Waals surface area (Å²) in [6, 6.07) is 6.45. The van der Waals surface area contributed by atoms with Crippen LogP contribution in [0.1, 0.15) is 53.1 Å². The molecule has 1 aliphatic carbocycles. The zero-order valence-electron chi connectivity index (χ0n) is 20.2. The van der Waals surface area contributed by atoms with Crippen molar-refractivity contribution in [2.45, 2.75) is 45.2 Å². The molecule has 4 rings (SSSR count). The van der Waals surface area contributed by atoms with Gasteiger partial charge in [0.15, 0.2) is 5.82 Å². The first-order chi connectivity index (χ1) is 17.1. The minimum atomic E-state index is -5.08. The Labute approximate surface area is 207 Å². The molecule has 0 atom stereocenters. The van der Waals surface area contributed by atoms with E-state index >= 15 is 0 Å². The number of hydrogen-bond acceptors (Lipinski definition) is 5. The highest BCUT2D eigenvalue weighted by Gasteiger charge is 2.38. The van der Waals surface area contributed by atoms with Gasteiger partial charge in [-0.15, -0.1) is 0 Å². The van der Waals surface area contributed by atoms with Crippen LogP contribution in [0.5, 0.6) is 0 Å². The standard InChI is InChI=1S/C23H30N4O2.C2HF3O2/c1-17-16-24-22(25-17)23(28)26-21-8-7-18(9-10-27-11-13-29-14-12-27)15-20(21)19-5-3-2-4-6-19;3-2(4,5)1(6)7/h5,7-8,15-16H,2-4,6,9-14H2,1H3,(H,24,25)(H,26,28);(H,6,7). The molecule has 1 aromatic carbocycles. The largest absolute Gasteiger partial charge is 0.490 e. The van der Waals surface area contributed by atoms with E-state index in [0.29, 0.717) is 5.82 Å². The number of nitrogens with zero attached hydrogens (tertiary/aromatic N) is 2. The number of halogens is 3. The Kier molecular flexibility index (Phi) is 9.65. The number of aryl methyl sites for hydroxylation is 1. The average molecular weight is 509 g/mol. The molecule has 0 unspecified atom stereocenters. The van der Waals surface area contributed by atoms with Crippen LogP contribution in [0.2, 0.25) is 0 Å². The number of morpholine rings is 1. The molecule has 1 amide bonds. The molecule has 1 aliphatic heterocycles. The molecule has 196 valence electrons. The fraction of sp³-hybridized carbons (Fsp3) is 0.480. The molecule has 8 nitrogen and oxygen atoms in total. The smallest absolute Gasteiger partial charge is 0.475 e. The summed E-state index contributed by atoms with van der Waals surface area (Å²) in [5.74, 6) is -2.60. The lowest BCUT2D eigenvalue weighted by Gasteiger charge is -2.26. The molecule has 2 aromatic rings. The van der Waals surface area contributed by atoms with Gasteiger partial charge in [0, 0.05) is 42.8 Å². The van der Waals surface area contributed by atoms with Crippen molar-refractivity contribution in [3.63, 3.8) is 0 Å². The number of carbonyl (C=O) groups excluding carboxylic acids is 1. The SMILES string of the molecule is Cc1cnc(C(=O)Nc2ccc(CCN3CCOCC3)cc2C2=CCCCC2)[nH]1.O=C(O)C(F)(F)F. The molecule has 1 fully saturated rings. The van der Waals surface area contributed by atoms with Gasteiger partial charge in [0.2, 0.25) is 0 Å². The number of aromatic nitrogens is 2. The van der Waals surface area contributed by atoms with Gasteiger partial charge in [-0.25, -0.2) is 9.78 Å². The van der Waals surface area contributed by atoms with Crippen LogP contribution >= 0.6 is 0 Å². The number of aliphatic carboxylic acids is 1. The first-order valence-electron chi connectivity index (χ1n) is 11.9. The number of allylic oxidation sites excluding steroid dienone is 2. The number of alkyl halides is 3. The molecule has 1 aromatic heterocycles. The van der Waals surface area contributed by atoms with Gasteiger partial charge in [-0.05, 0) is 62.3 Å². The van der Waals surface area contributed by atoms with Gasteiger partial charge in [-0.2, -0.15) is 13.2 Å². The lowest BCUT2D eigenvalue weighted by molar-refractivity contribution is -0.192. The zero-order chi connectivity index (χ0) is 26.1. The van der Waals surface area contributed by atoms with E-state index in [-0.39, 0.29) is 5.91 Å². The van der Waals surface area contributed by atoms with Crippen molar-refractivity contribution < 1.29 is 32.6 Å². The lowest BCUT2D eigenvalue weighted by Crippen LogP contribution is -2.37. The predicted octanol–water partition coefficient (Wildman–Crippen LogP) is 4.44. The highest BCUT2D eigenvalue weighted by Crippen LogP contribution is 2.33. The molecular weight excluding hydrogens is 477 g/mol. The van der Waals surface area contributed by atoms with Crippen LogP contribution in [-0.4, -0.2) is 70.9 Å². The number of ether oxygens (including phenoxy) is 1. The van der Waals surface area contributed by atoms with Crippen molar-refractivity contribution in [1.82, 2.24) is 14.9 Å². The van der Waals surface area contributed by atoms with Crippen molar-refractivity contribution in [3.05, 3.63) is 53.1 Å². The maximum absolute atomic E-state index is 12.6. The Morgan fingerprint density at radius 3 is 2.53 bits per heavy atom. The Hall–Kier alpha value is -3.18. The molecule has 0 spiro atoms. The van der Waals surface area contributed by atoms with Crippen LogP contribution < -0.4 is 5.32 Å². The molecule has 36 heavy (non-hydrogen) atoms. The van der Waals surface area contributed by atoms with Crippen LogP contribution in [0.15, 0.2) is 30.5 Å². The van der Waals surface area contributed by atoms with Crippen molar-refractivity contribution in [2.24, 2.45) is 0 Å². The van der Waals surface area contributed by atoms with Gasteiger partial charge in [0.05, 0.1) is 13.2 Å². The minimum absolute atomic E-state index is 0.197. The van der Waals surface area contributed by atoms with Crippen LogP contribution in [0.25, 0.3) is 5.57 Å². The summed E-state index contributed by atoms with van der Waals surface area (Å²) in [5, 5.41) is 10.2. The van der Waals surface area contributed by atoms with Gasteiger partial charge in [0.1, 0.15) is 0 Å². The Morgan fingerprint density at radius 2 is 1.94 bits per heavy atom. The van der Waals surface area contributed by atoms with E-state index in [2.05, 4.69) is 38.4 Å². The Morgan fingerprint density at radius 1 is 1.22 bits per heavy atom. The normalized spacial score (nSPS) is 16.5. The number of H-pyrrole nitrogens is 1. The molecule has 3 N–H and O–H groups in total. The van der Waals surface area contributed by atoms with E-state index in [9.17, 15) is 18.0 Å². The van der Waals surface area contributed by atoms with Crippen LogP contribution in [0.3, 0.4) is 0 Å². The van der Waals surface area contributed by atoms with E-state index in [0.717, 1.165) is 69.1 Å². The number of benzene rings is 1. The van der Waals surface area contributed by atoms with Crippen LogP contribution in [-0.2, 0) is 16.0 Å². The number of hydrogen-bond donors (Lipinski definition) is 3. The first kappa shape index (κ1) is 27.4. The summed E-state index contributed by atoms with van der Waals surface area (Å²) in [5.41, 5.74) is 5.55. The third-order valence-electron chi connectivity index (χ3n) is 5.95. The molecule has 0 saturated carbocycles. The molecule has 1 saturated heterocycles. The quantitative estimate of drug-likeness (QED) is 0.533. The maximum atomic E-state index is 12.6. The number of amides is 1. The van der Waals surface area contributed by atoms with Gasteiger partial charge < -0.3 is 20.1 Å². The topological polar surface area (TPSA) is 108 Å². The minimum Gasteiger partial charge on any atom is -0.475 e. The number of carbonyl (C=O) groups is 2. The second-order valence-corrected chi connectivity index (χ2v) is 8.73. The second kappa shape index (κ2) is 12.7. The van der Waals surface area contributed by atoms with Gasteiger partial charge in [-0.1, -0.05) is 12.1 Å². The summed E-state index contributed by atoms with van der Waals surface area (Å²) in [6.45, 7) is 6.61. The summed E-state index contributed by atoms with van der Waals surface area (Å²) in [4.78, 5) is 31.2. The molecule has 11 heteroatoms. The first-order valence-corrected chi connectivity index (χ1v) is 11.9. The third kappa shape index (κ3) is 8.20. The Balaban J connectivity index is 0.000000454. The van der Waals surface area contributed by atoms with E-state index in [1.54, 1.807) is 6.20 Å². The van der Waals surface area contributed by atoms with Crippen molar-refractivity contribution in [3.8, 4) is 0 Å². The summed E-state index contributed by atoms with van der Waals surface area (Å²) < 4.78 is 37.2. The summed E-state index contributed by atoms with van der Waals surface area (Å²) >= 11 is 0. The van der Waals surface area contributed by atoms with Crippen LogP contribution in [0.4, 0.5) is 18.9 Å². The van der Waals surface area contributed by atoms with E-state index in [1.807, 2.05) is 13.0 Å². The molecule has 0 radical (unpaired) electrons. The molecular formula is C25H31F3N4O4. The van der Waals surface area contributed by atoms with Crippen LogP contribution in [0, 0.1) is 6.92 Å². The van der Waals surface area contributed by atoms with Gasteiger partial charge >= 0.3 is 12.1 Å². The Bertz CT molecular complexity index is 1080. The molecule has 2 aliphatic rings. The summed E-state index contributed by atoms with van der Waals surface area (Å²) in [7, 11) is 0. The third-order valence-corrected chi connectivity index (χ3v) is 5.95. The zero-order valence-corrected chi connectivity index (χ0v) is 20.2. The van der Waals surface area contributed by atoms with Crippen molar-refractivity contribution >= 4 is 23.1 Å². The highest BCUT2D eigenvalue weighted by molar-refractivity contribution is 6.03. The van der Waals surface area contributed by atoms with E-state index < -0.39 is 12.1 Å². The van der Waals surface area contributed by atoms with Crippen molar-refractivity contribution in [2.75, 3.05) is 38.2 Å². The number of anilines is 1. The maximum Gasteiger partial charge on any atom is 0.490 e. The number of imidazole rings is 1. The van der Waals surface area contributed by atoms with Gasteiger partial charge in [-0.3, -0.25) is 9.69 Å². The molecule has 2 heterocycles. The number of carboxylic acid groups (broad SMARTS) is 1. The lowest BCUT2D eigenvalue weighted by atomic mass is 9.91. The summed E-state index contributed by atoms with van der Waals surface area (Å²) in [6.07, 6.45) is 4.55. The highest BCUT2D eigenvalue weighted by atomic mass is 19.4. The van der Waals surface area contributed by atoms with Gasteiger partial charge in [0.25, 0.3) is 5.91 Å². The van der Waals surface area contributed by atoms with E-state index in [4.69, 9.17) is 14.6 Å². The average Bonchev–Trinajstić information content (AvgIpc) is 3.31. The predicted molar refractivity (Wildman–Crippen MR) is 129 cm³/mol. The fourth-order valence-electron chi connectivity index (χ4n) is 4.03. The van der Waals surface area contributed by atoms with Crippen molar-refractivity contribution in [1.29, 1.82) is 0 Å². The number of nitrogens with one attached hydrogen (secondary N) is 2. The second-order valence-electron chi connectivity index (χ2n) is 8.73. The monoisotopic (exact) mass is 508 g/mol. The van der Waals surface area contributed by atoms with E-state index in [1.165, 1.54) is 24.0 Å². The fourth-order valence-corrected chi connectivity index (χ4v) is 4.03.